The predicted molar refractivity (Wildman–Crippen MR) is 174 cm³/mol. The number of para-hydroxylation sites is 1. The number of benzene rings is 3. The Morgan fingerprint density at radius 1 is 1.10 bits per heavy atom. The Morgan fingerprint density at radius 2 is 1.79 bits per heavy atom. The largest absolute Gasteiger partial charge is 0.494 e. The average Bonchev–Trinajstić information content (AvgIpc) is 3.27. The fourth-order valence-electron chi connectivity index (χ4n) is 4.65. The van der Waals surface area contributed by atoms with Gasteiger partial charge in [-0.15, -0.1) is 0 Å². The van der Waals surface area contributed by atoms with Crippen LogP contribution in [0.4, 0.5) is 5.69 Å². The van der Waals surface area contributed by atoms with Gasteiger partial charge in [-0.2, -0.15) is 0 Å². The summed E-state index contributed by atoms with van der Waals surface area (Å²) < 4.78 is 14.9. The molecule has 1 aliphatic heterocycles. The van der Waals surface area contributed by atoms with Crippen molar-refractivity contribution in [2.45, 2.75) is 19.9 Å². The van der Waals surface area contributed by atoms with Crippen LogP contribution in [0.3, 0.4) is 0 Å². The van der Waals surface area contributed by atoms with E-state index in [1.54, 1.807) is 17.6 Å². The maximum Gasteiger partial charge on any atom is 0.271 e. The van der Waals surface area contributed by atoms with E-state index in [1.807, 2.05) is 79.7 Å². The third kappa shape index (κ3) is 6.21. The first-order valence-corrected chi connectivity index (χ1v) is 15.6. The van der Waals surface area contributed by atoms with E-state index in [9.17, 15) is 9.59 Å². The van der Waals surface area contributed by atoms with Crippen LogP contribution in [0.1, 0.15) is 31.0 Å². The molecule has 4 aromatic rings. The molecular formula is C32H27Br2N3O4S. The van der Waals surface area contributed by atoms with E-state index in [-0.39, 0.29) is 11.5 Å². The Kier molecular flexibility index (Phi) is 9.25. The van der Waals surface area contributed by atoms with Crippen LogP contribution in [0.5, 0.6) is 11.5 Å². The number of amides is 1. The standard InChI is InChI=1S/C32H27Br2N3O4S/c1-4-15-41-29-24(33)16-20(17-25(29)34)18-26-31(39)37-28(21-11-13-23(14-12-21)40-5-2)27(19(3)35-32(37)42-26)30(38)36-22-9-7-6-8-10-22/h4,6-14,16-18,28H,1,5,15H2,2-3H3,(H,36,38)/b26-18-/t28-/m1/s1. The minimum Gasteiger partial charge on any atom is -0.494 e. The Hall–Kier alpha value is -3.73. The summed E-state index contributed by atoms with van der Waals surface area (Å²) in [6, 6.07) is 19.8. The second-order valence-electron chi connectivity index (χ2n) is 9.32. The number of hydrogen-bond donors (Lipinski definition) is 1. The van der Waals surface area contributed by atoms with Crippen molar-refractivity contribution in [2.75, 3.05) is 18.5 Å². The summed E-state index contributed by atoms with van der Waals surface area (Å²) >= 11 is 8.41. The number of ether oxygens (including phenoxy) is 2. The monoisotopic (exact) mass is 707 g/mol. The molecule has 1 aromatic heterocycles. The van der Waals surface area contributed by atoms with Crippen molar-refractivity contribution in [3.63, 3.8) is 0 Å². The number of anilines is 1. The quantitative estimate of drug-likeness (QED) is 0.205. The molecule has 0 spiro atoms. The fraction of sp³-hybridized carbons (Fsp3) is 0.156. The molecule has 0 unspecified atom stereocenters. The number of thiazole rings is 1. The Bertz CT molecular complexity index is 1840. The maximum atomic E-state index is 14.0. The van der Waals surface area contributed by atoms with Crippen LogP contribution in [0.25, 0.3) is 6.08 Å². The zero-order valence-electron chi connectivity index (χ0n) is 22.9. The third-order valence-corrected chi connectivity index (χ3v) is 8.63. The van der Waals surface area contributed by atoms with Gasteiger partial charge in [-0.1, -0.05) is 54.3 Å². The lowest BCUT2D eigenvalue weighted by atomic mass is 9.95. The molecule has 7 nitrogen and oxygen atoms in total. The zero-order valence-corrected chi connectivity index (χ0v) is 26.9. The summed E-state index contributed by atoms with van der Waals surface area (Å²) in [6.45, 7) is 8.31. The molecular weight excluding hydrogens is 682 g/mol. The summed E-state index contributed by atoms with van der Waals surface area (Å²) in [5.41, 5.74) is 2.92. The van der Waals surface area contributed by atoms with E-state index in [2.05, 4.69) is 43.8 Å². The normalized spacial score (nSPS) is 14.7. The highest BCUT2D eigenvalue weighted by Gasteiger charge is 2.32. The topological polar surface area (TPSA) is 81.9 Å². The number of carbonyl (C=O) groups is 1. The van der Waals surface area contributed by atoms with Crippen molar-refractivity contribution in [1.29, 1.82) is 0 Å². The van der Waals surface area contributed by atoms with Crippen LogP contribution in [0, 0.1) is 0 Å². The number of halogens is 2. The number of allylic oxidation sites excluding steroid dienone is 1. The second kappa shape index (κ2) is 13.1. The van der Waals surface area contributed by atoms with E-state index in [0.717, 1.165) is 20.1 Å². The van der Waals surface area contributed by atoms with Gasteiger partial charge >= 0.3 is 0 Å². The van der Waals surface area contributed by atoms with Gasteiger partial charge in [-0.05, 0) is 99.3 Å². The zero-order chi connectivity index (χ0) is 29.8. The van der Waals surface area contributed by atoms with E-state index in [0.29, 0.717) is 51.0 Å². The summed E-state index contributed by atoms with van der Waals surface area (Å²) in [6.07, 6.45) is 3.49. The minimum atomic E-state index is -0.684. The molecule has 0 aliphatic carbocycles. The van der Waals surface area contributed by atoms with E-state index in [1.165, 1.54) is 11.3 Å². The van der Waals surface area contributed by atoms with Crippen LogP contribution in [-0.2, 0) is 4.79 Å². The van der Waals surface area contributed by atoms with Gasteiger partial charge < -0.3 is 14.8 Å². The van der Waals surface area contributed by atoms with Gasteiger partial charge in [0.2, 0.25) is 0 Å². The average molecular weight is 709 g/mol. The second-order valence-corrected chi connectivity index (χ2v) is 12.0. The molecule has 0 saturated carbocycles. The lowest BCUT2D eigenvalue weighted by molar-refractivity contribution is -0.113. The molecule has 0 saturated heterocycles. The SMILES string of the molecule is C=CCOc1c(Br)cc(/C=c2\sc3n(c2=O)[C@H](c2ccc(OCC)cc2)C(C(=O)Nc2ccccc2)=C(C)N=3)cc1Br. The first-order valence-electron chi connectivity index (χ1n) is 13.1. The van der Waals surface area contributed by atoms with Gasteiger partial charge in [0.1, 0.15) is 18.1 Å². The summed E-state index contributed by atoms with van der Waals surface area (Å²) in [5.74, 6) is 1.04. The highest BCUT2D eigenvalue weighted by molar-refractivity contribution is 9.11. The third-order valence-electron chi connectivity index (χ3n) is 6.47. The van der Waals surface area contributed by atoms with Gasteiger partial charge in [0.25, 0.3) is 11.5 Å². The first-order chi connectivity index (χ1) is 20.3. The van der Waals surface area contributed by atoms with Gasteiger partial charge in [-0.3, -0.25) is 14.2 Å². The molecule has 0 bridgehead atoms. The van der Waals surface area contributed by atoms with Crippen LogP contribution < -0.4 is 29.7 Å². The minimum absolute atomic E-state index is 0.241. The number of rotatable bonds is 9. The van der Waals surface area contributed by atoms with Crippen molar-refractivity contribution >= 4 is 60.9 Å². The highest BCUT2D eigenvalue weighted by Crippen LogP contribution is 2.35. The Balaban J connectivity index is 1.63. The molecule has 2 heterocycles. The number of carbonyl (C=O) groups excluding carboxylic acids is 1. The van der Waals surface area contributed by atoms with Crippen molar-refractivity contribution in [1.82, 2.24) is 4.57 Å². The highest BCUT2D eigenvalue weighted by atomic mass is 79.9. The van der Waals surface area contributed by atoms with E-state index < -0.39 is 6.04 Å². The number of aromatic nitrogens is 1. The molecule has 214 valence electrons. The predicted octanol–water partition coefficient (Wildman–Crippen LogP) is 6.36. The molecule has 42 heavy (non-hydrogen) atoms. The molecule has 1 aliphatic rings. The van der Waals surface area contributed by atoms with Gasteiger partial charge in [0, 0.05) is 5.69 Å². The Morgan fingerprint density at radius 3 is 2.43 bits per heavy atom. The number of hydrogen-bond acceptors (Lipinski definition) is 6. The van der Waals surface area contributed by atoms with Crippen LogP contribution in [0.15, 0.2) is 109 Å². The molecule has 10 heteroatoms. The molecule has 5 rings (SSSR count). The summed E-state index contributed by atoms with van der Waals surface area (Å²) in [4.78, 5) is 33.0. The van der Waals surface area contributed by atoms with E-state index >= 15 is 0 Å². The van der Waals surface area contributed by atoms with Gasteiger partial charge in [0.15, 0.2) is 4.80 Å². The van der Waals surface area contributed by atoms with Crippen LogP contribution in [-0.4, -0.2) is 23.7 Å². The van der Waals surface area contributed by atoms with Crippen molar-refractivity contribution in [3.05, 3.63) is 130 Å². The molecule has 1 N–H and O–H groups in total. The Labute approximate surface area is 263 Å². The van der Waals surface area contributed by atoms with Crippen molar-refractivity contribution in [2.24, 2.45) is 4.99 Å². The number of nitrogens with one attached hydrogen (secondary N) is 1. The summed E-state index contributed by atoms with van der Waals surface area (Å²) in [7, 11) is 0. The van der Waals surface area contributed by atoms with Crippen molar-refractivity contribution in [3.8, 4) is 11.5 Å². The van der Waals surface area contributed by atoms with Crippen molar-refractivity contribution < 1.29 is 14.3 Å². The fourth-order valence-corrected chi connectivity index (χ4v) is 7.15. The lowest BCUT2D eigenvalue weighted by Gasteiger charge is -2.25. The molecule has 1 amide bonds. The molecule has 0 fully saturated rings. The number of fused-ring (bicyclic) bond motifs is 1. The van der Waals surface area contributed by atoms with Gasteiger partial charge in [-0.25, -0.2) is 4.99 Å². The van der Waals surface area contributed by atoms with Crippen LogP contribution in [0.2, 0.25) is 0 Å². The number of nitrogens with zero attached hydrogens (tertiary/aromatic N) is 2. The molecule has 0 radical (unpaired) electrons. The van der Waals surface area contributed by atoms with Gasteiger partial charge in [0.05, 0.1) is 37.4 Å². The summed E-state index contributed by atoms with van der Waals surface area (Å²) in [5, 5.41) is 2.97. The smallest absolute Gasteiger partial charge is 0.271 e. The molecule has 1 atom stereocenters. The van der Waals surface area contributed by atoms with E-state index in [4.69, 9.17) is 14.5 Å². The van der Waals surface area contributed by atoms with Crippen LogP contribution >= 0.6 is 43.2 Å². The maximum absolute atomic E-state index is 14.0. The lowest BCUT2D eigenvalue weighted by Crippen LogP contribution is -2.40. The molecule has 3 aromatic carbocycles. The first kappa shape index (κ1) is 29.8.